The molecular formula is C14H18N2O. The van der Waals surface area contributed by atoms with Crippen molar-refractivity contribution in [2.45, 2.75) is 20.8 Å². The van der Waals surface area contributed by atoms with Gasteiger partial charge in [-0.15, -0.1) is 0 Å². The minimum absolute atomic E-state index is 0.0235. The summed E-state index contributed by atoms with van der Waals surface area (Å²) in [4.78, 5) is 13.7. The van der Waals surface area contributed by atoms with Gasteiger partial charge in [0.25, 0.3) is 5.91 Å². The summed E-state index contributed by atoms with van der Waals surface area (Å²) < 4.78 is 0. The highest BCUT2D eigenvalue weighted by atomic mass is 16.2. The van der Waals surface area contributed by atoms with Crippen LogP contribution in [0.4, 0.5) is 0 Å². The van der Waals surface area contributed by atoms with Gasteiger partial charge in [-0.05, 0) is 32.4 Å². The Hall–Kier alpha value is -1.82. The van der Waals surface area contributed by atoms with Gasteiger partial charge in [-0.1, -0.05) is 17.7 Å². The van der Waals surface area contributed by atoms with Crippen LogP contribution in [0.1, 0.15) is 28.4 Å². The van der Waals surface area contributed by atoms with Crippen LogP contribution in [0.3, 0.4) is 0 Å². The van der Waals surface area contributed by atoms with Gasteiger partial charge in [-0.25, -0.2) is 0 Å². The van der Waals surface area contributed by atoms with Crippen molar-refractivity contribution in [1.82, 2.24) is 4.90 Å². The molecule has 1 atom stereocenters. The molecule has 0 N–H and O–H groups in total. The van der Waals surface area contributed by atoms with Gasteiger partial charge in [0.2, 0.25) is 0 Å². The number of carbonyl (C=O) groups is 1. The molecule has 0 aliphatic rings. The first kappa shape index (κ1) is 13.2. The third-order valence-corrected chi connectivity index (χ3v) is 2.73. The summed E-state index contributed by atoms with van der Waals surface area (Å²) in [6.45, 7) is 6.21. The number of carbonyl (C=O) groups excluding carboxylic acids is 1. The van der Waals surface area contributed by atoms with Crippen molar-refractivity contribution in [3.8, 4) is 6.07 Å². The fourth-order valence-electron chi connectivity index (χ4n) is 1.79. The molecule has 0 spiro atoms. The van der Waals surface area contributed by atoms with Gasteiger partial charge in [-0.2, -0.15) is 5.26 Å². The molecule has 0 aromatic heterocycles. The van der Waals surface area contributed by atoms with Crippen molar-refractivity contribution in [3.05, 3.63) is 34.9 Å². The second-order valence-electron chi connectivity index (χ2n) is 4.53. The molecule has 1 aromatic rings. The summed E-state index contributed by atoms with van der Waals surface area (Å²) in [5, 5.41) is 8.74. The lowest BCUT2D eigenvalue weighted by Crippen LogP contribution is -2.31. The van der Waals surface area contributed by atoms with E-state index in [4.69, 9.17) is 5.26 Å². The second-order valence-corrected chi connectivity index (χ2v) is 4.53. The molecule has 1 aromatic carbocycles. The molecule has 0 fully saturated rings. The topological polar surface area (TPSA) is 44.1 Å². The first-order valence-corrected chi connectivity index (χ1v) is 5.68. The molecule has 17 heavy (non-hydrogen) atoms. The molecule has 90 valence electrons. The molecule has 1 amide bonds. The van der Waals surface area contributed by atoms with Crippen LogP contribution in [-0.4, -0.2) is 24.4 Å². The van der Waals surface area contributed by atoms with Crippen molar-refractivity contribution >= 4 is 5.91 Å². The molecule has 0 aliphatic heterocycles. The number of hydrogen-bond donors (Lipinski definition) is 0. The molecule has 0 bridgehead atoms. The zero-order valence-electron chi connectivity index (χ0n) is 10.8. The summed E-state index contributed by atoms with van der Waals surface area (Å²) in [6, 6.07) is 7.91. The summed E-state index contributed by atoms with van der Waals surface area (Å²) >= 11 is 0. The summed E-state index contributed by atoms with van der Waals surface area (Å²) in [5.74, 6) is -0.167. The Morgan fingerprint density at radius 3 is 2.65 bits per heavy atom. The number of rotatable bonds is 3. The molecule has 0 saturated carbocycles. The van der Waals surface area contributed by atoms with Gasteiger partial charge >= 0.3 is 0 Å². The number of aryl methyl sites for hydroxylation is 2. The maximum absolute atomic E-state index is 12.1. The van der Waals surface area contributed by atoms with E-state index in [-0.39, 0.29) is 11.8 Å². The lowest BCUT2D eigenvalue weighted by molar-refractivity contribution is 0.0784. The summed E-state index contributed by atoms with van der Waals surface area (Å²) in [7, 11) is 1.73. The predicted molar refractivity (Wildman–Crippen MR) is 67.7 cm³/mol. The molecule has 0 heterocycles. The van der Waals surface area contributed by atoms with Crippen LogP contribution < -0.4 is 0 Å². The van der Waals surface area contributed by atoms with E-state index in [9.17, 15) is 4.79 Å². The maximum Gasteiger partial charge on any atom is 0.253 e. The van der Waals surface area contributed by atoms with Crippen LogP contribution in [0.2, 0.25) is 0 Å². The molecule has 0 saturated heterocycles. The van der Waals surface area contributed by atoms with E-state index < -0.39 is 0 Å². The van der Waals surface area contributed by atoms with Crippen LogP contribution in [0, 0.1) is 31.1 Å². The predicted octanol–water partition coefficient (Wildman–Crippen LogP) is 2.54. The smallest absolute Gasteiger partial charge is 0.253 e. The molecule has 0 aliphatic carbocycles. The van der Waals surface area contributed by atoms with Crippen molar-refractivity contribution in [2.24, 2.45) is 5.92 Å². The Kier molecular flexibility index (Phi) is 4.28. The van der Waals surface area contributed by atoms with E-state index in [2.05, 4.69) is 6.07 Å². The van der Waals surface area contributed by atoms with Crippen molar-refractivity contribution in [1.29, 1.82) is 5.26 Å². The largest absolute Gasteiger partial charge is 0.340 e. The third kappa shape index (κ3) is 3.32. The van der Waals surface area contributed by atoms with Gasteiger partial charge in [0.05, 0.1) is 12.0 Å². The van der Waals surface area contributed by atoms with Crippen LogP contribution in [0.15, 0.2) is 18.2 Å². The van der Waals surface area contributed by atoms with Crippen LogP contribution >= 0.6 is 0 Å². The Labute approximate surface area is 103 Å². The Morgan fingerprint density at radius 2 is 2.12 bits per heavy atom. The van der Waals surface area contributed by atoms with Gasteiger partial charge in [0.15, 0.2) is 0 Å². The minimum atomic E-state index is -0.144. The number of amides is 1. The average molecular weight is 230 g/mol. The fraction of sp³-hybridized carbons (Fsp3) is 0.429. The van der Waals surface area contributed by atoms with Crippen LogP contribution in [-0.2, 0) is 0 Å². The summed E-state index contributed by atoms with van der Waals surface area (Å²) in [5.41, 5.74) is 2.83. The zero-order chi connectivity index (χ0) is 13.0. The van der Waals surface area contributed by atoms with Gasteiger partial charge in [-0.3, -0.25) is 4.79 Å². The van der Waals surface area contributed by atoms with E-state index in [1.807, 2.05) is 39.0 Å². The van der Waals surface area contributed by atoms with E-state index >= 15 is 0 Å². The highest BCUT2D eigenvalue weighted by Gasteiger charge is 2.15. The second kappa shape index (κ2) is 5.49. The highest BCUT2D eigenvalue weighted by molar-refractivity contribution is 5.95. The first-order chi connectivity index (χ1) is 7.95. The van der Waals surface area contributed by atoms with Gasteiger partial charge < -0.3 is 4.90 Å². The molecule has 3 nitrogen and oxygen atoms in total. The maximum atomic E-state index is 12.1. The monoisotopic (exact) mass is 230 g/mol. The fourth-order valence-corrected chi connectivity index (χ4v) is 1.79. The van der Waals surface area contributed by atoms with Gasteiger partial charge in [0, 0.05) is 19.2 Å². The number of benzene rings is 1. The van der Waals surface area contributed by atoms with E-state index in [1.54, 1.807) is 11.9 Å². The van der Waals surface area contributed by atoms with Crippen molar-refractivity contribution < 1.29 is 4.79 Å². The molecular weight excluding hydrogens is 212 g/mol. The Bertz CT molecular complexity index is 460. The van der Waals surface area contributed by atoms with Crippen molar-refractivity contribution in [3.63, 3.8) is 0 Å². The van der Waals surface area contributed by atoms with Gasteiger partial charge in [0.1, 0.15) is 0 Å². The lowest BCUT2D eigenvalue weighted by Gasteiger charge is -2.19. The number of hydrogen-bond acceptors (Lipinski definition) is 2. The standard InChI is InChI=1S/C14H18N2O/c1-10-5-6-13(12(3)7-10)14(17)16(4)9-11(2)8-15/h5-7,11H,9H2,1-4H3. The normalized spacial score (nSPS) is 11.7. The molecule has 1 rings (SSSR count). The first-order valence-electron chi connectivity index (χ1n) is 5.68. The highest BCUT2D eigenvalue weighted by Crippen LogP contribution is 2.13. The minimum Gasteiger partial charge on any atom is -0.340 e. The van der Waals surface area contributed by atoms with Crippen LogP contribution in [0.25, 0.3) is 0 Å². The average Bonchev–Trinajstić information content (AvgIpc) is 2.28. The Morgan fingerprint density at radius 1 is 1.47 bits per heavy atom. The summed E-state index contributed by atoms with van der Waals surface area (Å²) in [6.07, 6.45) is 0. The van der Waals surface area contributed by atoms with Crippen LogP contribution in [0.5, 0.6) is 0 Å². The van der Waals surface area contributed by atoms with Crippen molar-refractivity contribution in [2.75, 3.05) is 13.6 Å². The van der Waals surface area contributed by atoms with E-state index in [0.717, 1.165) is 11.1 Å². The van der Waals surface area contributed by atoms with E-state index in [1.165, 1.54) is 0 Å². The number of nitrogens with zero attached hydrogens (tertiary/aromatic N) is 2. The third-order valence-electron chi connectivity index (χ3n) is 2.73. The zero-order valence-corrected chi connectivity index (χ0v) is 10.8. The lowest BCUT2D eigenvalue weighted by atomic mass is 10.0. The molecule has 3 heteroatoms. The molecule has 0 radical (unpaired) electrons. The number of nitriles is 1. The quantitative estimate of drug-likeness (QED) is 0.801. The SMILES string of the molecule is Cc1ccc(C(=O)N(C)CC(C)C#N)c(C)c1. The molecule has 1 unspecified atom stereocenters. The Balaban J connectivity index is 2.86. The van der Waals surface area contributed by atoms with E-state index in [0.29, 0.717) is 12.1 Å².